The van der Waals surface area contributed by atoms with Crippen molar-refractivity contribution in [2.75, 3.05) is 0 Å². The van der Waals surface area contributed by atoms with E-state index >= 15 is 0 Å². The van der Waals surface area contributed by atoms with Gasteiger partial charge in [-0.15, -0.1) is 0 Å². The second kappa shape index (κ2) is 6.97. The van der Waals surface area contributed by atoms with Crippen molar-refractivity contribution >= 4 is 11.7 Å². The molecular weight excluding hydrogens is 374 g/mol. The number of hydrogen-bond acceptors (Lipinski definition) is 4. The summed E-state index contributed by atoms with van der Waals surface area (Å²) in [5.74, 6) is 1.17. The van der Waals surface area contributed by atoms with Crippen molar-refractivity contribution in [2.24, 2.45) is 4.99 Å². The second-order valence-corrected chi connectivity index (χ2v) is 10.0. The molecule has 0 saturated carbocycles. The first-order valence-electron chi connectivity index (χ1n) is 10.7. The lowest BCUT2D eigenvalue weighted by atomic mass is 9.76. The van der Waals surface area contributed by atoms with Gasteiger partial charge in [0.05, 0.1) is 11.3 Å². The first-order valence-corrected chi connectivity index (χ1v) is 10.7. The Bertz CT molecular complexity index is 1050. The summed E-state index contributed by atoms with van der Waals surface area (Å²) in [5.41, 5.74) is 6.07. The van der Waals surface area contributed by atoms with Gasteiger partial charge in [0.15, 0.2) is 11.5 Å². The van der Waals surface area contributed by atoms with E-state index in [0.717, 1.165) is 35.2 Å². The monoisotopic (exact) mass is 405 g/mol. The molecule has 2 aliphatic rings. The maximum atomic E-state index is 12.0. The predicted molar refractivity (Wildman–Crippen MR) is 120 cm³/mol. The molecule has 2 aliphatic heterocycles. The fraction of sp³-hybridized carbons (Fsp3) is 0.462. The number of aliphatic imine (C=N–C) groups is 1. The Morgan fingerprint density at radius 3 is 2.33 bits per heavy atom. The van der Waals surface area contributed by atoms with Crippen molar-refractivity contribution in [2.45, 2.75) is 78.4 Å². The predicted octanol–water partition coefficient (Wildman–Crippen LogP) is 5.62. The molecule has 0 fully saturated rings. The Hall–Kier alpha value is -2.62. The van der Waals surface area contributed by atoms with Gasteiger partial charge in [0.25, 0.3) is 0 Å². The largest absolute Gasteiger partial charge is 0.483 e. The molecule has 4 nitrogen and oxygen atoms in total. The van der Waals surface area contributed by atoms with Crippen molar-refractivity contribution in [3.05, 3.63) is 58.1 Å². The van der Waals surface area contributed by atoms with Crippen LogP contribution in [-0.2, 0) is 17.6 Å². The Morgan fingerprint density at radius 1 is 1.07 bits per heavy atom. The zero-order valence-corrected chi connectivity index (χ0v) is 19.1. The van der Waals surface area contributed by atoms with Crippen LogP contribution >= 0.6 is 0 Å². The molecule has 0 unspecified atom stereocenters. The molecule has 4 heteroatoms. The lowest BCUT2D eigenvalue weighted by molar-refractivity contribution is -0.132. The van der Waals surface area contributed by atoms with Gasteiger partial charge in [0, 0.05) is 35.6 Å². The topological polar surface area (TPSA) is 47.9 Å². The van der Waals surface area contributed by atoms with Crippen molar-refractivity contribution < 1.29 is 14.3 Å². The number of esters is 1. The molecule has 0 saturated heterocycles. The van der Waals surface area contributed by atoms with Crippen LogP contribution in [0.15, 0.2) is 35.3 Å². The number of fused-ring (bicyclic) bond motifs is 3. The van der Waals surface area contributed by atoms with Crippen LogP contribution in [0, 0.1) is 0 Å². The molecule has 0 atom stereocenters. The summed E-state index contributed by atoms with van der Waals surface area (Å²) in [7, 11) is 0. The van der Waals surface area contributed by atoms with Gasteiger partial charge in [0.1, 0.15) is 5.60 Å². The molecule has 4 rings (SSSR count). The van der Waals surface area contributed by atoms with Crippen LogP contribution in [-0.4, -0.2) is 22.8 Å². The fourth-order valence-electron chi connectivity index (χ4n) is 4.80. The highest BCUT2D eigenvalue weighted by atomic mass is 16.6. The average molecular weight is 406 g/mol. The van der Waals surface area contributed by atoms with Gasteiger partial charge in [-0.25, -0.2) is 0 Å². The molecule has 0 radical (unpaired) electrons. The minimum Gasteiger partial charge on any atom is -0.483 e. The molecular formula is C26H31NO3. The highest BCUT2D eigenvalue weighted by Gasteiger charge is 2.42. The van der Waals surface area contributed by atoms with E-state index in [1.165, 1.54) is 18.1 Å². The minimum atomic E-state index is -0.366. The van der Waals surface area contributed by atoms with Crippen molar-refractivity contribution in [1.29, 1.82) is 0 Å². The summed E-state index contributed by atoms with van der Waals surface area (Å²) < 4.78 is 12.2. The highest BCUT2D eigenvalue weighted by molar-refractivity contribution is 6.16. The van der Waals surface area contributed by atoms with Crippen LogP contribution in [0.5, 0.6) is 11.5 Å². The first kappa shape index (κ1) is 20.6. The Kier molecular flexibility index (Phi) is 4.80. The number of rotatable bonds is 3. The molecule has 0 N–H and O–H groups in total. The zero-order valence-electron chi connectivity index (χ0n) is 19.1. The number of nitrogens with zero attached hydrogens (tertiary/aromatic N) is 1. The molecule has 0 bridgehead atoms. The van der Waals surface area contributed by atoms with Crippen LogP contribution in [0.2, 0.25) is 0 Å². The quantitative estimate of drug-likeness (QED) is 0.492. The summed E-state index contributed by atoms with van der Waals surface area (Å²) in [6.07, 6.45) is 1.55. The lowest BCUT2D eigenvalue weighted by Gasteiger charge is -2.34. The van der Waals surface area contributed by atoms with Crippen molar-refractivity contribution in [3.63, 3.8) is 0 Å². The van der Waals surface area contributed by atoms with Gasteiger partial charge in [-0.05, 0) is 45.6 Å². The van der Waals surface area contributed by atoms with E-state index in [1.807, 2.05) is 6.07 Å². The maximum absolute atomic E-state index is 12.0. The standard InChI is InChI=1S/C26H31NO3/c1-15(2)20-18-13-25(4,5)27-22(17-11-9-8-10-12-17)21(18)19-14-26(6,7)30-23(19)24(20)29-16(3)28/h8-12,15H,13-14H2,1-7H3. The van der Waals surface area contributed by atoms with Gasteiger partial charge in [-0.2, -0.15) is 0 Å². The van der Waals surface area contributed by atoms with E-state index in [0.29, 0.717) is 11.5 Å². The average Bonchev–Trinajstić information content (AvgIpc) is 2.95. The van der Waals surface area contributed by atoms with E-state index in [4.69, 9.17) is 14.5 Å². The molecule has 0 spiro atoms. The summed E-state index contributed by atoms with van der Waals surface area (Å²) in [5, 5.41) is 0. The van der Waals surface area contributed by atoms with Gasteiger partial charge in [0.2, 0.25) is 0 Å². The smallest absolute Gasteiger partial charge is 0.308 e. The van der Waals surface area contributed by atoms with Crippen LogP contribution in [0.1, 0.15) is 82.2 Å². The minimum absolute atomic E-state index is 0.177. The van der Waals surface area contributed by atoms with Crippen LogP contribution < -0.4 is 9.47 Å². The number of carbonyl (C=O) groups excluding carboxylic acids is 1. The highest BCUT2D eigenvalue weighted by Crippen LogP contribution is 2.52. The van der Waals surface area contributed by atoms with Gasteiger partial charge in [-0.1, -0.05) is 44.2 Å². The number of ether oxygens (including phenoxy) is 2. The molecule has 30 heavy (non-hydrogen) atoms. The van der Waals surface area contributed by atoms with Crippen LogP contribution in [0.4, 0.5) is 0 Å². The molecule has 2 aromatic carbocycles. The van der Waals surface area contributed by atoms with E-state index in [9.17, 15) is 4.79 Å². The molecule has 0 amide bonds. The molecule has 0 aliphatic carbocycles. The second-order valence-electron chi connectivity index (χ2n) is 10.0. The van der Waals surface area contributed by atoms with Crippen molar-refractivity contribution in [3.8, 4) is 11.5 Å². The summed E-state index contributed by atoms with van der Waals surface area (Å²) in [6, 6.07) is 10.4. The van der Waals surface area contributed by atoms with Gasteiger partial charge in [-0.3, -0.25) is 9.79 Å². The first-order chi connectivity index (χ1) is 14.0. The Labute approximate surface area is 179 Å². The van der Waals surface area contributed by atoms with Crippen LogP contribution in [0.25, 0.3) is 0 Å². The Balaban J connectivity index is 2.10. The number of hydrogen-bond donors (Lipinski definition) is 0. The maximum Gasteiger partial charge on any atom is 0.308 e. The normalized spacial score (nSPS) is 18.3. The molecule has 2 heterocycles. The molecule has 158 valence electrons. The SMILES string of the molecule is CC(=O)Oc1c2c(c3c(c1C(C)C)CC(C)(C)N=C3c1ccccc1)CC(C)(C)O2. The molecule has 2 aromatic rings. The lowest BCUT2D eigenvalue weighted by Crippen LogP contribution is -2.32. The number of carbonyl (C=O) groups is 1. The third-order valence-corrected chi connectivity index (χ3v) is 5.77. The summed E-state index contributed by atoms with van der Waals surface area (Å²) in [6.45, 7) is 14.3. The van der Waals surface area contributed by atoms with E-state index in [2.05, 4.69) is 65.8 Å². The van der Waals surface area contributed by atoms with Crippen LogP contribution in [0.3, 0.4) is 0 Å². The van der Waals surface area contributed by atoms with Gasteiger partial charge < -0.3 is 9.47 Å². The third-order valence-electron chi connectivity index (χ3n) is 5.77. The fourth-order valence-corrected chi connectivity index (χ4v) is 4.80. The van der Waals surface area contributed by atoms with Gasteiger partial charge >= 0.3 is 5.97 Å². The van der Waals surface area contributed by atoms with Crippen molar-refractivity contribution in [1.82, 2.24) is 0 Å². The zero-order chi connectivity index (χ0) is 21.8. The summed E-state index contributed by atoms with van der Waals surface area (Å²) in [4.78, 5) is 17.2. The van der Waals surface area contributed by atoms with E-state index in [-0.39, 0.29) is 23.0 Å². The third kappa shape index (κ3) is 3.53. The van der Waals surface area contributed by atoms with E-state index < -0.39 is 0 Å². The van der Waals surface area contributed by atoms with E-state index in [1.54, 1.807) is 0 Å². The molecule has 0 aromatic heterocycles. The number of benzene rings is 2. The summed E-state index contributed by atoms with van der Waals surface area (Å²) >= 11 is 0. The Morgan fingerprint density at radius 2 is 1.73 bits per heavy atom.